The number of hydrogen-bond acceptors (Lipinski definition) is 4. The van der Waals surface area contributed by atoms with Crippen LogP contribution in [-0.2, 0) is 6.54 Å². The van der Waals surface area contributed by atoms with Crippen LogP contribution in [0.2, 0.25) is 0 Å². The standard InChI is InChI=1S/C22H30N2OS.ClH/c1-23-19-7-9-20(10-8-19)24-15-18-14-17(6-13-22(18)25-2)16-4-11-21(26-3)12-5-16;/h4-6,11-14,19-20,23-24H,7-10,15H2,1-3H3;1H. The van der Waals surface area contributed by atoms with Crippen LogP contribution in [0, 0.1) is 0 Å². The van der Waals surface area contributed by atoms with E-state index in [1.807, 2.05) is 0 Å². The second kappa shape index (κ2) is 11.0. The summed E-state index contributed by atoms with van der Waals surface area (Å²) in [5.41, 5.74) is 3.73. The molecule has 3 rings (SSSR count). The van der Waals surface area contributed by atoms with Gasteiger partial charge in [-0.05, 0) is 74.4 Å². The maximum atomic E-state index is 5.59. The molecule has 0 amide bonds. The topological polar surface area (TPSA) is 33.3 Å². The van der Waals surface area contributed by atoms with Crippen LogP contribution in [0.15, 0.2) is 47.4 Å². The molecule has 0 heterocycles. The molecule has 0 unspecified atom stereocenters. The van der Waals surface area contributed by atoms with Crippen LogP contribution in [0.1, 0.15) is 31.2 Å². The zero-order valence-corrected chi connectivity index (χ0v) is 18.1. The number of thioether (sulfide) groups is 1. The number of halogens is 1. The van der Waals surface area contributed by atoms with Crippen LogP contribution < -0.4 is 15.4 Å². The lowest BCUT2D eigenvalue weighted by Crippen LogP contribution is -2.38. The predicted molar refractivity (Wildman–Crippen MR) is 119 cm³/mol. The summed E-state index contributed by atoms with van der Waals surface area (Å²) < 4.78 is 5.59. The molecule has 3 nitrogen and oxygen atoms in total. The van der Waals surface area contributed by atoms with Gasteiger partial charge in [0.15, 0.2) is 0 Å². The molecule has 1 aliphatic rings. The molecule has 0 saturated heterocycles. The van der Waals surface area contributed by atoms with Gasteiger partial charge in [0, 0.05) is 29.1 Å². The molecule has 0 aromatic heterocycles. The van der Waals surface area contributed by atoms with Crippen molar-refractivity contribution in [3.63, 3.8) is 0 Å². The molecule has 2 aromatic carbocycles. The van der Waals surface area contributed by atoms with Crippen molar-refractivity contribution in [2.24, 2.45) is 0 Å². The second-order valence-electron chi connectivity index (χ2n) is 6.97. The molecule has 2 aromatic rings. The minimum Gasteiger partial charge on any atom is -0.496 e. The normalized spacial score (nSPS) is 19.4. The number of rotatable bonds is 7. The van der Waals surface area contributed by atoms with Crippen LogP contribution in [0.3, 0.4) is 0 Å². The first-order chi connectivity index (χ1) is 12.7. The van der Waals surface area contributed by atoms with Gasteiger partial charge in [0.25, 0.3) is 0 Å². The monoisotopic (exact) mass is 406 g/mol. The lowest BCUT2D eigenvalue weighted by molar-refractivity contribution is 0.315. The van der Waals surface area contributed by atoms with Crippen molar-refractivity contribution in [1.82, 2.24) is 10.6 Å². The fourth-order valence-corrected chi connectivity index (χ4v) is 4.13. The highest BCUT2D eigenvalue weighted by atomic mass is 35.5. The molecule has 1 fully saturated rings. The molecule has 1 saturated carbocycles. The van der Waals surface area contributed by atoms with Crippen LogP contribution in [0.25, 0.3) is 11.1 Å². The Morgan fingerprint density at radius 3 is 2.19 bits per heavy atom. The average molecular weight is 407 g/mol. The molecule has 0 spiro atoms. The Kier molecular flexibility index (Phi) is 8.97. The molecule has 0 radical (unpaired) electrons. The number of methoxy groups -OCH3 is 1. The van der Waals surface area contributed by atoms with Crippen molar-refractivity contribution in [3.8, 4) is 16.9 Å². The molecular weight excluding hydrogens is 376 g/mol. The summed E-state index contributed by atoms with van der Waals surface area (Å²) >= 11 is 1.77. The molecule has 27 heavy (non-hydrogen) atoms. The first-order valence-electron chi connectivity index (χ1n) is 9.45. The highest BCUT2D eigenvalue weighted by Gasteiger charge is 2.19. The van der Waals surface area contributed by atoms with Crippen LogP contribution in [0.5, 0.6) is 5.75 Å². The Hall–Kier alpha value is -1.20. The number of hydrogen-bond donors (Lipinski definition) is 2. The van der Waals surface area contributed by atoms with E-state index in [4.69, 9.17) is 4.74 Å². The smallest absolute Gasteiger partial charge is 0.123 e. The van der Waals surface area contributed by atoms with Gasteiger partial charge >= 0.3 is 0 Å². The maximum Gasteiger partial charge on any atom is 0.123 e. The highest BCUT2D eigenvalue weighted by molar-refractivity contribution is 7.98. The van der Waals surface area contributed by atoms with Gasteiger partial charge in [-0.25, -0.2) is 0 Å². The number of ether oxygens (including phenoxy) is 1. The van der Waals surface area contributed by atoms with Gasteiger partial charge in [0.05, 0.1) is 7.11 Å². The predicted octanol–water partition coefficient (Wildman–Crippen LogP) is 5.13. The summed E-state index contributed by atoms with van der Waals surface area (Å²) in [6.07, 6.45) is 7.10. The van der Waals surface area contributed by atoms with E-state index in [0.717, 1.165) is 12.3 Å². The molecule has 0 atom stereocenters. The third kappa shape index (κ3) is 5.89. The third-order valence-electron chi connectivity index (χ3n) is 5.42. The minimum absolute atomic E-state index is 0. The van der Waals surface area contributed by atoms with Crippen LogP contribution in [0.4, 0.5) is 0 Å². The Morgan fingerprint density at radius 2 is 1.59 bits per heavy atom. The van der Waals surface area contributed by atoms with E-state index in [1.165, 1.54) is 47.3 Å². The van der Waals surface area contributed by atoms with Crippen molar-refractivity contribution in [2.75, 3.05) is 20.4 Å². The number of nitrogens with one attached hydrogen (secondary N) is 2. The molecule has 1 aliphatic carbocycles. The van der Waals surface area contributed by atoms with Gasteiger partial charge in [0.2, 0.25) is 0 Å². The average Bonchev–Trinajstić information content (AvgIpc) is 2.72. The first kappa shape index (κ1) is 22.1. The van der Waals surface area contributed by atoms with Crippen molar-refractivity contribution >= 4 is 24.2 Å². The summed E-state index contributed by atoms with van der Waals surface area (Å²) in [5, 5.41) is 7.14. The van der Waals surface area contributed by atoms with Gasteiger partial charge in [-0.1, -0.05) is 18.2 Å². The molecule has 5 heteroatoms. The van der Waals surface area contributed by atoms with Gasteiger partial charge in [-0.2, -0.15) is 0 Å². The van der Waals surface area contributed by atoms with E-state index in [2.05, 4.69) is 66.4 Å². The zero-order chi connectivity index (χ0) is 18.4. The maximum absolute atomic E-state index is 5.59. The van der Waals surface area contributed by atoms with Gasteiger partial charge in [-0.15, -0.1) is 24.2 Å². The molecule has 0 bridgehead atoms. The largest absolute Gasteiger partial charge is 0.496 e. The van der Waals surface area contributed by atoms with Crippen molar-refractivity contribution in [3.05, 3.63) is 48.0 Å². The summed E-state index contributed by atoms with van der Waals surface area (Å²) in [7, 11) is 3.82. The molecule has 2 N–H and O–H groups in total. The Balaban J connectivity index is 0.00000261. The van der Waals surface area contributed by atoms with Crippen LogP contribution in [-0.4, -0.2) is 32.5 Å². The molecule has 0 aliphatic heterocycles. The van der Waals surface area contributed by atoms with E-state index < -0.39 is 0 Å². The summed E-state index contributed by atoms with van der Waals surface area (Å²) in [6, 6.07) is 16.6. The molecule has 148 valence electrons. The Morgan fingerprint density at radius 1 is 0.963 bits per heavy atom. The van der Waals surface area contributed by atoms with Crippen molar-refractivity contribution in [2.45, 2.75) is 49.2 Å². The van der Waals surface area contributed by atoms with Gasteiger partial charge < -0.3 is 15.4 Å². The SMILES string of the molecule is CNC1CCC(NCc2cc(-c3ccc(SC)cc3)ccc2OC)CC1.Cl. The Labute approximate surface area is 174 Å². The fraction of sp³-hybridized carbons (Fsp3) is 0.455. The van der Waals surface area contributed by atoms with E-state index >= 15 is 0 Å². The quantitative estimate of drug-likeness (QED) is 0.625. The lowest BCUT2D eigenvalue weighted by atomic mass is 9.91. The zero-order valence-electron chi connectivity index (χ0n) is 16.5. The third-order valence-corrected chi connectivity index (χ3v) is 6.16. The van der Waals surface area contributed by atoms with Crippen molar-refractivity contribution in [1.29, 1.82) is 0 Å². The van der Waals surface area contributed by atoms with Crippen LogP contribution >= 0.6 is 24.2 Å². The van der Waals surface area contributed by atoms with Gasteiger partial charge in [-0.3, -0.25) is 0 Å². The van der Waals surface area contributed by atoms with E-state index in [9.17, 15) is 0 Å². The highest BCUT2D eigenvalue weighted by Crippen LogP contribution is 2.28. The fourth-order valence-electron chi connectivity index (χ4n) is 3.72. The summed E-state index contributed by atoms with van der Waals surface area (Å²) in [4.78, 5) is 1.29. The van der Waals surface area contributed by atoms with E-state index in [0.29, 0.717) is 12.1 Å². The van der Waals surface area contributed by atoms with E-state index in [-0.39, 0.29) is 12.4 Å². The summed E-state index contributed by atoms with van der Waals surface area (Å²) in [6.45, 7) is 0.856. The molecular formula is C22H31ClN2OS. The van der Waals surface area contributed by atoms with E-state index in [1.54, 1.807) is 18.9 Å². The second-order valence-corrected chi connectivity index (χ2v) is 7.85. The Bertz CT molecular complexity index is 700. The summed E-state index contributed by atoms with van der Waals surface area (Å²) in [5.74, 6) is 0.964. The minimum atomic E-state index is 0. The van der Waals surface area contributed by atoms with Crippen molar-refractivity contribution < 1.29 is 4.74 Å². The first-order valence-corrected chi connectivity index (χ1v) is 10.7. The number of benzene rings is 2. The van der Waals surface area contributed by atoms with Gasteiger partial charge in [0.1, 0.15) is 5.75 Å². The lowest BCUT2D eigenvalue weighted by Gasteiger charge is -2.29.